The monoisotopic (exact) mass is 1570 g/mol. The number of aliphatic carboxylic acids is 1. The lowest BCUT2D eigenvalue weighted by Crippen LogP contribution is -2.71. The van der Waals surface area contributed by atoms with Crippen LogP contribution in [0.5, 0.6) is 0 Å². The maximum Gasteiger partial charge on any atom is 0.364 e. The molecule has 8 aliphatic rings. The van der Waals surface area contributed by atoms with Gasteiger partial charge in [0.25, 0.3) is 5.79 Å². The van der Waals surface area contributed by atoms with Crippen LogP contribution in [0.25, 0.3) is 0 Å². The number of rotatable bonds is 29. The van der Waals surface area contributed by atoms with Crippen LogP contribution in [0.2, 0.25) is 0 Å². The lowest BCUT2D eigenvalue weighted by atomic mass is 9.88. The summed E-state index contributed by atoms with van der Waals surface area (Å²) in [6.45, 7) is -5.14. The number of hydrogen-bond donors (Lipinski definition) is 28. The van der Waals surface area contributed by atoms with Crippen molar-refractivity contribution >= 4 is 29.6 Å². The van der Waals surface area contributed by atoms with Gasteiger partial charge in [-0.25, -0.2) is 4.79 Å². The van der Waals surface area contributed by atoms with Crippen molar-refractivity contribution in [3.63, 3.8) is 0 Å². The number of carbonyl (C=O) groups excluding carboxylic acids is 4. The Morgan fingerprint density at radius 3 is 1.21 bits per heavy atom. The quantitative estimate of drug-likeness (QED) is 0.0331. The van der Waals surface area contributed by atoms with Crippen LogP contribution in [-0.2, 0) is 95.0 Å². The van der Waals surface area contributed by atoms with E-state index in [9.17, 15) is 147 Å². The summed E-state index contributed by atoms with van der Waals surface area (Å²) in [6.07, 6.45) is -77.4. The van der Waals surface area contributed by atoms with E-state index in [0.717, 1.165) is 27.7 Å². The Bertz CT molecular complexity index is 2870. The van der Waals surface area contributed by atoms with E-state index < -0.39 is 340 Å². The Balaban J connectivity index is 1.06. The number of hydrogen-bond acceptors (Lipinski definition) is 43. The molecule has 4 amide bonds. The van der Waals surface area contributed by atoms with Crippen molar-refractivity contribution in [2.75, 3.05) is 52.9 Å². The molecule has 0 aliphatic carbocycles. The Morgan fingerprint density at radius 1 is 0.383 bits per heavy atom. The zero-order valence-corrected chi connectivity index (χ0v) is 57.4. The van der Waals surface area contributed by atoms with Gasteiger partial charge in [0.1, 0.15) is 189 Å². The molecule has 107 heavy (non-hydrogen) atoms. The van der Waals surface area contributed by atoms with E-state index in [4.69, 9.17) is 71.1 Å². The molecule has 41 atom stereocenters. The zero-order valence-electron chi connectivity index (χ0n) is 57.4. The first-order valence-corrected chi connectivity index (χ1v) is 33.7. The van der Waals surface area contributed by atoms with Crippen LogP contribution < -0.4 is 21.3 Å². The van der Waals surface area contributed by atoms with E-state index in [1.165, 1.54) is 0 Å². The van der Waals surface area contributed by atoms with E-state index in [2.05, 4.69) is 21.3 Å². The van der Waals surface area contributed by atoms with Crippen molar-refractivity contribution in [3.8, 4) is 0 Å². The van der Waals surface area contributed by atoms with E-state index in [-0.39, 0.29) is 0 Å². The lowest BCUT2D eigenvalue weighted by Gasteiger charge is -2.51. The Morgan fingerprint density at radius 2 is 0.748 bits per heavy atom. The third-order valence-corrected chi connectivity index (χ3v) is 19.2. The minimum atomic E-state index is -3.27. The molecular weight excluding hydrogens is 1470 g/mol. The number of carboxylic acids is 1. The number of ether oxygens (including phenoxy) is 15. The van der Waals surface area contributed by atoms with Crippen LogP contribution in [-0.4, -0.2) is 456 Å². The fourth-order valence-electron chi connectivity index (χ4n) is 13.7. The highest BCUT2D eigenvalue weighted by atomic mass is 16.8. The third-order valence-electron chi connectivity index (χ3n) is 19.2. The summed E-state index contributed by atoms with van der Waals surface area (Å²) >= 11 is 0. The molecule has 8 heterocycles. The topological polar surface area (TPSA) is 757 Å². The van der Waals surface area contributed by atoms with Gasteiger partial charge in [-0.2, -0.15) is 0 Å². The highest BCUT2D eigenvalue weighted by Crippen LogP contribution is 2.41. The normalized spacial score (nSPS) is 46.9. The summed E-state index contributed by atoms with van der Waals surface area (Å²) in [5, 5.41) is 274. The number of carboxylic acid groups (broad SMARTS) is 1. The Kier molecular flexibility index (Phi) is 31.5. The van der Waals surface area contributed by atoms with Gasteiger partial charge in [-0.1, -0.05) is 0 Å². The highest BCUT2D eigenvalue weighted by molar-refractivity contribution is 5.77. The van der Waals surface area contributed by atoms with Gasteiger partial charge in [0.05, 0.1) is 65.0 Å². The molecule has 0 radical (unpaired) electrons. The molecule has 0 unspecified atom stereocenters. The summed E-state index contributed by atoms with van der Waals surface area (Å²) in [6, 6.07) is -7.20. The zero-order chi connectivity index (χ0) is 79.3. The largest absolute Gasteiger partial charge is 0.477 e. The lowest BCUT2D eigenvalue weighted by molar-refractivity contribution is -0.392. The van der Waals surface area contributed by atoms with Gasteiger partial charge in [-0.05, 0) is 0 Å². The molecule has 8 fully saturated rings. The molecule has 0 aromatic carbocycles. The first-order valence-electron chi connectivity index (χ1n) is 33.7. The molecule has 0 saturated carbocycles. The molecule has 48 nitrogen and oxygen atoms in total. The van der Waals surface area contributed by atoms with Crippen LogP contribution >= 0.6 is 0 Å². The average molecular weight is 1570 g/mol. The van der Waals surface area contributed by atoms with E-state index in [1.54, 1.807) is 0 Å². The molecule has 618 valence electrons. The third kappa shape index (κ3) is 19.6. The summed E-state index contributed by atoms with van der Waals surface area (Å²) < 4.78 is 87.6. The van der Waals surface area contributed by atoms with E-state index in [1.807, 2.05) is 0 Å². The second-order valence-corrected chi connectivity index (χ2v) is 26.8. The minimum Gasteiger partial charge on any atom is -0.477 e. The Hall–Kier alpha value is -4.17. The molecule has 0 bridgehead atoms. The van der Waals surface area contributed by atoms with Crippen LogP contribution in [0.4, 0.5) is 0 Å². The van der Waals surface area contributed by atoms with Gasteiger partial charge in [0, 0.05) is 34.1 Å². The Labute approximate surface area is 605 Å². The molecular formula is C59H98N4O44. The SMILES string of the molecule is CC(=O)N[C@@H]1[C@@H](O)[C@H](O[C@@H]2O[C@H](CO)[C@@H](O[C@@H]3O[C@H](CO[C@H]4O[C@H](CO)[C@@H](O)[C@H](O)[C@@H]4O[C@@H]4O[C@H](CO)[C@@H](O[C@@H]5O[C@H](CO)[C@H](O)[C@H](O[C@]6(C(=O)O)C[C@H](O)[C@@H](NC(C)=O)[C@H]([C@H](O)[C@H](O)CO)O6)[C@H]5O)[C@H](O)[C@H]4NC(C)=O)[C@@H](O)[C@H](O[C@H]4O[C@H](CO)[C@@H](O)[C@H](O)[C@@H]4O)[C@@H]3O)[C@H](O)[C@H]2NC(C)=O)[C@@H](CO)O[C@H]1O. The van der Waals surface area contributed by atoms with Gasteiger partial charge in [-0.3, -0.25) is 19.2 Å². The van der Waals surface area contributed by atoms with Crippen molar-refractivity contribution in [1.29, 1.82) is 0 Å². The summed E-state index contributed by atoms with van der Waals surface area (Å²) in [4.78, 5) is 63.2. The van der Waals surface area contributed by atoms with Gasteiger partial charge >= 0.3 is 5.97 Å². The summed E-state index contributed by atoms with van der Waals surface area (Å²) in [7, 11) is 0. The average Bonchev–Trinajstić information content (AvgIpc) is 0.759. The van der Waals surface area contributed by atoms with Gasteiger partial charge in [0.15, 0.2) is 44.0 Å². The molecule has 0 spiro atoms. The van der Waals surface area contributed by atoms with Crippen molar-refractivity contribution in [1.82, 2.24) is 21.3 Å². The van der Waals surface area contributed by atoms with Crippen molar-refractivity contribution in [3.05, 3.63) is 0 Å². The smallest absolute Gasteiger partial charge is 0.364 e. The van der Waals surface area contributed by atoms with Crippen LogP contribution in [0.3, 0.4) is 0 Å². The van der Waals surface area contributed by atoms with Crippen molar-refractivity contribution < 1.29 is 218 Å². The molecule has 0 aromatic heterocycles. The van der Waals surface area contributed by atoms with Crippen LogP contribution in [0.1, 0.15) is 34.1 Å². The predicted octanol–water partition coefficient (Wildman–Crippen LogP) is -18.7. The fraction of sp³-hybridized carbons (Fsp3) is 0.915. The summed E-state index contributed by atoms with van der Waals surface area (Å²) in [5.41, 5.74) is 0. The standard InChI is InChI=1S/C59H98N4O44/c1-14(71)60-27-18(75)5-59(58(91)92,106-47(27)31(77)19(76)6-64)107-49-34(80)22(9-67)96-56(43(49)89)103-46-25(12-70)99-53(30(38(46)84)63-17(4)74)105-50-40(86)33(79)21(8-66)97-57(50)93-13-26-35(81)48(104-54-41(87)39(85)32(78)20(7-65)95-54)42(88)55(100-26)102-45-24(11-69)98-52(29(37(45)83)62-16(3)73)101-44-23(10-68)94-51(90)28(36(44)82)61-15(2)72/h18-57,64-70,75-90H,5-13H2,1-4H3,(H,60,71)(H,61,72)(H,62,73)(H,63,74)(H,91,92)/t18-,19+,20+,21+,22+,23+,24+,25+,26+,27+,28+,29+,30+,31+,32+,33+,34-,35+,36+,37+,38+,39-,40-,41-,42-,43+,44+,45+,46+,47+,48-,49-,50-,51+,52-,53-,54+,55-,56-,57-,59-/m0/s1. The summed E-state index contributed by atoms with van der Waals surface area (Å²) in [5.74, 6) is -8.93. The van der Waals surface area contributed by atoms with Crippen molar-refractivity contribution in [2.45, 2.75) is 285 Å². The number of nitrogens with one attached hydrogen (secondary N) is 4. The first-order chi connectivity index (χ1) is 50.4. The number of amides is 4. The second kappa shape index (κ2) is 38.1. The van der Waals surface area contributed by atoms with E-state index >= 15 is 0 Å². The van der Waals surface area contributed by atoms with Crippen LogP contribution in [0, 0.1) is 0 Å². The second-order valence-electron chi connectivity index (χ2n) is 26.8. The molecule has 8 saturated heterocycles. The maximum absolute atomic E-state index is 13.2. The van der Waals surface area contributed by atoms with Gasteiger partial charge in [-0.15, -0.1) is 0 Å². The minimum absolute atomic E-state index is 0.766. The molecule has 48 heteroatoms. The van der Waals surface area contributed by atoms with Gasteiger partial charge < -0.3 is 215 Å². The highest BCUT2D eigenvalue weighted by Gasteiger charge is 2.63. The molecule has 8 rings (SSSR count). The van der Waals surface area contributed by atoms with Crippen LogP contribution in [0.15, 0.2) is 0 Å². The fourth-order valence-corrected chi connectivity index (χ4v) is 13.7. The predicted molar refractivity (Wildman–Crippen MR) is 328 cm³/mol. The molecule has 8 aliphatic heterocycles. The van der Waals surface area contributed by atoms with E-state index in [0.29, 0.717) is 0 Å². The maximum atomic E-state index is 13.2. The molecule has 28 N–H and O–H groups in total. The number of aliphatic hydroxyl groups excluding tert-OH is 23. The molecule has 0 aromatic rings. The van der Waals surface area contributed by atoms with Crippen molar-refractivity contribution in [2.24, 2.45) is 0 Å². The number of carbonyl (C=O) groups is 5. The van der Waals surface area contributed by atoms with Gasteiger partial charge in [0.2, 0.25) is 23.6 Å². The first kappa shape index (κ1) is 88.4. The number of aliphatic hydroxyl groups is 23.